The monoisotopic (exact) mass is 428 g/mol. The van der Waals surface area contributed by atoms with Crippen LogP contribution in [0.25, 0.3) is 11.3 Å². The number of benzene rings is 2. The summed E-state index contributed by atoms with van der Waals surface area (Å²) in [5, 5.41) is 13.1. The Morgan fingerprint density at radius 1 is 0.938 bits per heavy atom. The van der Waals surface area contributed by atoms with Crippen LogP contribution in [0.5, 0.6) is 0 Å². The van der Waals surface area contributed by atoms with E-state index in [2.05, 4.69) is 31.1 Å². The van der Waals surface area contributed by atoms with Crippen molar-refractivity contribution in [3.05, 3.63) is 83.7 Å². The SMILES string of the molecule is Cc1ccc(Nc2cc(C)nc(NCCNC(=O)c3cc(-c4ccccc4)on3)n2)cc1. The van der Waals surface area contributed by atoms with Crippen LogP contribution in [-0.4, -0.2) is 34.1 Å². The van der Waals surface area contributed by atoms with E-state index in [4.69, 9.17) is 4.52 Å². The lowest BCUT2D eigenvalue weighted by Crippen LogP contribution is -2.29. The number of aryl methyl sites for hydroxylation is 2. The highest BCUT2D eigenvalue weighted by Crippen LogP contribution is 2.20. The van der Waals surface area contributed by atoms with E-state index in [1.165, 1.54) is 5.56 Å². The third kappa shape index (κ3) is 5.48. The molecule has 2 heterocycles. The number of rotatable bonds is 8. The van der Waals surface area contributed by atoms with Gasteiger partial charge in [-0.05, 0) is 26.0 Å². The van der Waals surface area contributed by atoms with E-state index < -0.39 is 0 Å². The van der Waals surface area contributed by atoms with Crippen molar-refractivity contribution in [2.45, 2.75) is 13.8 Å². The van der Waals surface area contributed by atoms with E-state index in [0.717, 1.165) is 16.9 Å². The van der Waals surface area contributed by atoms with Crippen LogP contribution in [0.3, 0.4) is 0 Å². The second-order valence-electron chi connectivity index (χ2n) is 7.33. The molecule has 0 bridgehead atoms. The van der Waals surface area contributed by atoms with Crippen molar-refractivity contribution < 1.29 is 9.32 Å². The van der Waals surface area contributed by atoms with Crippen LogP contribution >= 0.6 is 0 Å². The minimum Gasteiger partial charge on any atom is -0.355 e. The van der Waals surface area contributed by atoms with Crippen molar-refractivity contribution >= 4 is 23.4 Å². The molecule has 32 heavy (non-hydrogen) atoms. The Morgan fingerprint density at radius 3 is 2.50 bits per heavy atom. The van der Waals surface area contributed by atoms with Crippen LogP contribution < -0.4 is 16.0 Å². The number of aromatic nitrogens is 3. The summed E-state index contributed by atoms with van der Waals surface area (Å²) in [5.74, 6) is 1.44. The van der Waals surface area contributed by atoms with Crippen molar-refractivity contribution in [1.82, 2.24) is 20.4 Å². The fraction of sp³-hybridized carbons (Fsp3) is 0.167. The van der Waals surface area contributed by atoms with Crippen LogP contribution in [0, 0.1) is 13.8 Å². The normalized spacial score (nSPS) is 10.6. The predicted molar refractivity (Wildman–Crippen MR) is 124 cm³/mol. The first-order valence-corrected chi connectivity index (χ1v) is 10.3. The van der Waals surface area contributed by atoms with Crippen molar-refractivity contribution in [2.75, 3.05) is 23.7 Å². The second-order valence-corrected chi connectivity index (χ2v) is 7.33. The summed E-state index contributed by atoms with van der Waals surface area (Å²) in [6, 6.07) is 21.1. The summed E-state index contributed by atoms with van der Waals surface area (Å²) in [5.41, 5.74) is 4.08. The molecule has 0 atom stereocenters. The fourth-order valence-corrected chi connectivity index (χ4v) is 3.06. The summed E-state index contributed by atoms with van der Waals surface area (Å²) < 4.78 is 5.28. The minimum atomic E-state index is -0.301. The van der Waals surface area contributed by atoms with Crippen LogP contribution in [0.2, 0.25) is 0 Å². The average molecular weight is 428 g/mol. The van der Waals surface area contributed by atoms with Crippen LogP contribution in [0.1, 0.15) is 21.7 Å². The van der Waals surface area contributed by atoms with Gasteiger partial charge in [-0.15, -0.1) is 0 Å². The van der Waals surface area contributed by atoms with Gasteiger partial charge in [-0.25, -0.2) is 4.98 Å². The summed E-state index contributed by atoms with van der Waals surface area (Å²) in [7, 11) is 0. The van der Waals surface area contributed by atoms with Gasteiger partial charge in [0.05, 0.1) is 0 Å². The first-order valence-electron chi connectivity index (χ1n) is 10.3. The number of hydrogen-bond acceptors (Lipinski definition) is 7. The van der Waals surface area contributed by atoms with Crippen molar-refractivity contribution in [3.8, 4) is 11.3 Å². The Morgan fingerprint density at radius 2 is 1.72 bits per heavy atom. The summed E-state index contributed by atoms with van der Waals surface area (Å²) >= 11 is 0. The summed E-state index contributed by atoms with van der Waals surface area (Å²) in [4.78, 5) is 21.2. The summed E-state index contributed by atoms with van der Waals surface area (Å²) in [6.45, 7) is 4.79. The van der Waals surface area contributed by atoms with Gasteiger partial charge in [0.2, 0.25) is 5.95 Å². The Bertz CT molecular complexity index is 1190. The maximum atomic E-state index is 12.3. The Kier molecular flexibility index (Phi) is 6.41. The zero-order valence-corrected chi connectivity index (χ0v) is 17.9. The molecule has 0 fully saturated rings. The van der Waals surface area contributed by atoms with E-state index in [-0.39, 0.29) is 11.6 Å². The molecule has 0 radical (unpaired) electrons. The third-order valence-electron chi connectivity index (χ3n) is 4.67. The summed E-state index contributed by atoms with van der Waals surface area (Å²) in [6.07, 6.45) is 0. The highest BCUT2D eigenvalue weighted by atomic mass is 16.5. The molecule has 8 heteroatoms. The highest BCUT2D eigenvalue weighted by Gasteiger charge is 2.13. The number of nitrogens with one attached hydrogen (secondary N) is 3. The first kappa shape index (κ1) is 21.0. The number of nitrogens with zero attached hydrogens (tertiary/aromatic N) is 3. The van der Waals surface area contributed by atoms with Crippen molar-refractivity contribution in [3.63, 3.8) is 0 Å². The number of amides is 1. The van der Waals surface area contributed by atoms with Gasteiger partial charge in [-0.3, -0.25) is 4.79 Å². The van der Waals surface area contributed by atoms with Gasteiger partial charge in [0.15, 0.2) is 11.5 Å². The number of anilines is 3. The number of carbonyl (C=O) groups is 1. The van der Waals surface area contributed by atoms with Gasteiger partial charge in [-0.1, -0.05) is 53.2 Å². The van der Waals surface area contributed by atoms with Gasteiger partial charge in [0.1, 0.15) is 5.82 Å². The molecule has 0 saturated carbocycles. The van der Waals surface area contributed by atoms with Crippen LogP contribution in [-0.2, 0) is 0 Å². The van der Waals surface area contributed by atoms with E-state index in [1.54, 1.807) is 6.07 Å². The number of carbonyl (C=O) groups excluding carboxylic acids is 1. The molecule has 0 aliphatic carbocycles. The molecule has 8 nitrogen and oxygen atoms in total. The van der Waals surface area contributed by atoms with E-state index in [9.17, 15) is 4.79 Å². The van der Waals surface area contributed by atoms with Crippen molar-refractivity contribution in [1.29, 1.82) is 0 Å². The van der Waals surface area contributed by atoms with E-state index in [0.29, 0.717) is 30.6 Å². The minimum absolute atomic E-state index is 0.236. The first-order chi connectivity index (χ1) is 15.6. The molecular formula is C24H24N6O2. The highest BCUT2D eigenvalue weighted by molar-refractivity contribution is 5.93. The molecule has 0 saturated heterocycles. The molecule has 0 aliphatic rings. The lowest BCUT2D eigenvalue weighted by atomic mass is 10.1. The van der Waals surface area contributed by atoms with Crippen LogP contribution in [0.15, 0.2) is 71.3 Å². The molecule has 0 spiro atoms. The smallest absolute Gasteiger partial charge is 0.273 e. The topological polar surface area (TPSA) is 105 Å². The Balaban J connectivity index is 1.29. The number of hydrogen-bond donors (Lipinski definition) is 3. The molecule has 1 amide bonds. The van der Waals surface area contributed by atoms with Gasteiger partial charge in [0, 0.05) is 42.2 Å². The van der Waals surface area contributed by atoms with E-state index >= 15 is 0 Å². The predicted octanol–water partition coefficient (Wildman–Crippen LogP) is 4.33. The van der Waals surface area contributed by atoms with Gasteiger partial charge in [0.25, 0.3) is 5.91 Å². The average Bonchev–Trinajstić information content (AvgIpc) is 3.29. The van der Waals surface area contributed by atoms with Gasteiger partial charge < -0.3 is 20.5 Å². The maximum absolute atomic E-state index is 12.3. The van der Waals surface area contributed by atoms with Gasteiger partial charge in [-0.2, -0.15) is 4.98 Å². The molecule has 2 aromatic heterocycles. The molecular weight excluding hydrogens is 404 g/mol. The zero-order valence-electron chi connectivity index (χ0n) is 17.9. The van der Waals surface area contributed by atoms with Crippen molar-refractivity contribution in [2.24, 2.45) is 0 Å². The molecule has 0 aliphatic heterocycles. The second kappa shape index (κ2) is 9.74. The molecule has 4 rings (SSSR count). The third-order valence-corrected chi connectivity index (χ3v) is 4.67. The molecule has 3 N–H and O–H groups in total. The van der Waals surface area contributed by atoms with Crippen LogP contribution in [0.4, 0.5) is 17.5 Å². The molecule has 0 unspecified atom stereocenters. The Labute approximate surface area is 186 Å². The zero-order chi connectivity index (χ0) is 22.3. The fourth-order valence-electron chi connectivity index (χ4n) is 3.06. The van der Waals surface area contributed by atoms with E-state index in [1.807, 2.05) is 74.5 Å². The lowest BCUT2D eigenvalue weighted by molar-refractivity contribution is 0.0946. The molecule has 2 aromatic carbocycles. The standard InChI is InChI=1S/C24H24N6O2/c1-16-8-10-19(11-9-16)28-22-14-17(2)27-24(29-22)26-13-12-25-23(31)20-15-21(32-30-20)18-6-4-3-5-7-18/h3-11,14-15H,12-13H2,1-2H3,(H,25,31)(H2,26,27,28,29). The maximum Gasteiger partial charge on any atom is 0.273 e. The Hall–Kier alpha value is -4.20. The quantitative estimate of drug-likeness (QED) is 0.359. The molecule has 4 aromatic rings. The largest absolute Gasteiger partial charge is 0.355 e. The molecule has 162 valence electrons. The van der Waals surface area contributed by atoms with Gasteiger partial charge >= 0.3 is 0 Å². The lowest BCUT2D eigenvalue weighted by Gasteiger charge is -2.10.